The summed E-state index contributed by atoms with van der Waals surface area (Å²) in [5.74, 6) is -0.226. The number of benzene rings is 2. The van der Waals surface area contributed by atoms with Gasteiger partial charge in [0.25, 0.3) is 0 Å². The number of hydrogen-bond acceptors (Lipinski definition) is 5. The van der Waals surface area contributed by atoms with Gasteiger partial charge in [-0.15, -0.1) is 0 Å². The molecule has 2 aromatic carbocycles. The van der Waals surface area contributed by atoms with Crippen LogP contribution in [-0.4, -0.2) is 29.7 Å². The van der Waals surface area contributed by atoms with Gasteiger partial charge >= 0.3 is 5.97 Å². The van der Waals surface area contributed by atoms with E-state index in [1.54, 1.807) is 18.2 Å². The molecule has 0 unspecified atom stereocenters. The number of phenolic OH excluding ortho intramolecular Hbond substituents is 1. The molecule has 0 radical (unpaired) electrons. The van der Waals surface area contributed by atoms with Gasteiger partial charge < -0.3 is 19.3 Å². The fourth-order valence-corrected chi connectivity index (χ4v) is 2.44. The topological polar surface area (TPSA) is 65.0 Å². The van der Waals surface area contributed by atoms with Gasteiger partial charge in [-0.2, -0.15) is 0 Å². The number of fused-ring (bicyclic) bond motifs is 1. The largest absolute Gasteiger partial charge is 0.504 e. The van der Waals surface area contributed by atoms with E-state index in [4.69, 9.17) is 25.8 Å². The van der Waals surface area contributed by atoms with Gasteiger partial charge in [0, 0.05) is 5.39 Å². The van der Waals surface area contributed by atoms with Crippen molar-refractivity contribution in [3.05, 3.63) is 23.2 Å². The minimum atomic E-state index is -0.442. The zero-order valence-electron chi connectivity index (χ0n) is 11.3. The van der Waals surface area contributed by atoms with Crippen LogP contribution in [0.1, 0.15) is 0 Å². The number of esters is 1. The number of aromatic hydroxyl groups is 1. The first kappa shape index (κ1) is 16.0. The van der Waals surface area contributed by atoms with Crippen molar-refractivity contribution in [2.24, 2.45) is 0 Å². The second kappa shape index (κ2) is 6.57. The van der Waals surface area contributed by atoms with E-state index in [-0.39, 0.29) is 27.4 Å². The van der Waals surface area contributed by atoms with Crippen LogP contribution < -0.4 is 14.2 Å². The van der Waals surface area contributed by atoms with Crippen LogP contribution in [0.5, 0.6) is 23.0 Å². The summed E-state index contributed by atoms with van der Waals surface area (Å²) in [7, 11) is 2.78. The van der Waals surface area contributed by atoms with Gasteiger partial charge in [0.1, 0.15) is 0 Å². The highest BCUT2D eigenvalue weighted by atomic mass is 127. The number of carbonyl (C=O) groups is 1. The minimum absolute atomic E-state index is 0.0642. The fraction of sp³-hybridized carbons (Fsp3) is 0.214. The molecule has 2 rings (SSSR count). The molecule has 0 heterocycles. The van der Waals surface area contributed by atoms with Crippen molar-refractivity contribution in [3.63, 3.8) is 0 Å². The Morgan fingerprint density at radius 2 is 1.90 bits per heavy atom. The number of methoxy groups -OCH3 is 2. The molecule has 112 valence electrons. The standard InChI is InChI=1S/C14H12ClIO5/c1-19-13-11(18)10-7(4-3-5-8(10)15)12(14(13)20-2)21-9(17)6-16/h3-5,18H,6H2,1-2H3. The average molecular weight is 423 g/mol. The number of hydrogen-bond donors (Lipinski definition) is 1. The molecular formula is C14H12ClIO5. The van der Waals surface area contributed by atoms with Gasteiger partial charge in [-0.05, 0) is 6.07 Å². The summed E-state index contributed by atoms with van der Waals surface area (Å²) >= 11 is 8.03. The van der Waals surface area contributed by atoms with Crippen LogP contribution in [0.2, 0.25) is 5.02 Å². The smallest absolute Gasteiger partial charge is 0.321 e. The van der Waals surface area contributed by atoms with Gasteiger partial charge in [0.2, 0.25) is 11.5 Å². The van der Waals surface area contributed by atoms with Crippen LogP contribution in [0.15, 0.2) is 18.2 Å². The highest BCUT2D eigenvalue weighted by Gasteiger charge is 2.25. The summed E-state index contributed by atoms with van der Waals surface area (Å²) in [6.07, 6.45) is 0. The van der Waals surface area contributed by atoms with Crippen LogP contribution in [-0.2, 0) is 4.79 Å². The molecule has 5 nitrogen and oxygen atoms in total. The monoisotopic (exact) mass is 422 g/mol. The highest BCUT2D eigenvalue weighted by molar-refractivity contribution is 14.1. The summed E-state index contributed by atoms with van der Waals surface area (Å²) in [4.78, 5) is 11.6. The lowest BCUT2D eigenvalue weighted by Gasteiger charge is -2.17. The average Bonchev–Trinajstić information content (AvgIpc) is 2.49. The first-order valence-corrected chi connectivity index (χ1v) is 7.77. The Morgan fingerprint density at radius 1 is 1.24 bits per heavy atom. The molecule has 0 aliphatic heterocycles. The molecule has 0 spiro atoms. The maximum Gasteiger partial charge on any atom is 0.321 e. The third-order valence-corrected chi connectivity index (χ3v) is 3.79. The Kier molecular flexibility index (Phi) is 5.00. The Labute approximate surface area is 139 Å². The molecule has 7 heteroatoms. The number of alkyl halides is 1. The van der Waals surface area contributed by atoms with E-state index < -0.39 is 5.97 Å². The molecule has 0 amide bonds. The molecular weight excluding hydrogens is 411 g/mol. The Balaban J connectivity index is 2.88. The summed E-state index contributed by atoms with van der Waals surface area (Å²) in [6, 6.07) is 5.00. The SMILES string of the molecule is COc1c(OC)c(O)c2c(Cl)cccc2c1OC(=O)CI. The number of ether oxygens (including phenoxy) is 3. The molecule has 0 bridgehead atoms. The first-order chi connectivity index (χ1) is 10.0. The van der Waals surface area contributed by atoms with E-state index in [2.05, 4.69) is 0 Å². The molecule has 2 aromatic rings. The molecule has 0 aliphatic carbocycles. The van der Waals surface area contributed by atoms with Crippen molar-refractivity contribution in [1.29, 1.82) is 0 Å². The lowest BCUT2D eigenvalue weighted by molar-refractivity contribution is -0.131. The molecule has 1 N–H and O–H groups in total. The van der Waals surface area contributed by atoms with E-state index in [0.29, 0.717) is 15.8 Å². The number of phenols is 1. The quantitative estimate of drug-likeness (QED) is 0.353. The number of carbonyl (C=O) groups excluding carboxylic acids is 1. The molecule has 0 saturated heterocycles. The molecule has 0 fully saturated rings. The maximum atomic E-state index is 11.6. The van der Waals surface area contributed by atoms with Crippen LogP contribution in [0.25, 0.3) is 10.8 Å². The minimum Gasteiger partial charge on any atom is -0.504 e. The third kappa shape index (κ3) is 2.82. The summed E-state index contributed by atoms with van der Waals surface area (Å²) < 4.78 is 15.9. The van der Waals surface area contributed by atoms with Crippen LogP contribution in [0.3, 0.4) is 0 Å². The summed E-state index contributed by atoms with van der Waals surface area (Å²) in [5, 5.41) is 11.5. The van der Waals surface area contributed by atoms with E-state index in [0.717, 1.165) is 0 Å². The second-order valence-corrected chi connectivity index (χ2v) is 5.18. The Hall–Kier alpha value is -1.41. The van der Waals surface area contributed by atoms with E-state index in [1.165, 1.54) is 14.2 Å². The predicted molar refractivity (Wildman–Crippen MR) is 88.2 cm³/mol. The van der Waals surface area contributed by atoms with Crippen molar-refractivity contribution in [3.8, 4) is 23.0 Å². The molecule has 0 aliphatic rings. The van der Waals surface area contributed by atoms with E-state index in [9.17, 15) is 9.90 Å². The zero-order valence-corrected chi connectivity index (χ0v) is 14.2. The molecule has 0 atom stereocenters. The fourth-order valence-electron chi connectivity index (χ4n) is 2.02. The molecule has 0 aromatic heterocycles. The van der Waals surface area contributed by atoms with Crippen molar-refractivity contribution < 1.29 is 24.1 Å². The first-order valence-electron chi connectivity index (χ1n) is 5.86. The van der Waals surface area contributed by atoms with Crippen molar-refractivity contribution in [2.45, 2.75) is 0 Å². The van der Waals surface area contributed by atoms with Gasteiger partial charge in [-0.25, -0.2) is 0 Å². The van der Waals surface area contributed by atoms with Crippen molar-refractivity contribution >= 4 is 50.9 Å². The third-order valence-electron chi connectivity index (χ3n) is 2.86. The van der Waals surface area contributed by atoms with Crippen LogP contribution in [0, 0.1) is 0 Å². The summed E-state index contributed by atoms with van der Waals surface area (Å²) in [5.41, 5.74) is 0. The zero-order chi connectivity index (χ0) is 15.6. The van der Waals surface area contributed by atoms with Gasteiger partial charge in [-0.3, -0.25) is 4.79 Å². The number of rotatable bonds is 4. The Morgan fingerprint density at radius 3 is 2.48 bits per heavy atom. The van der Waals surface area contributed by atoms with Crippen LogP contribution >= 0.6 is 34.2 Å². The lowest BCUT2D eigenvalue weighted by Crippen LogP contribution is -2.10. The maximum absolute atomic E-state index is 11.6. The molecule has 21 heavy (non-hydrogen) atoms. The van der Waals surface area contributed by atoms with Gasteiger partial charge in [0.05, 0.1) is 29.1 Å². The van der Waals surface area contributed by atoms with Crippen molar-refractivity contribution in [1.82, 2.24) is 0 Å². The summed E-state index contributed by atoms with van der Waals surface area (Å²) in [6.45, 7) is 0. The predicted octanol–water partition coefficient (Wildman–Crippen LogP) is 3.56. The normalized spacial score (nSPS) is 10.5. The second-order valence-electron chi connectivity index (χ2n) is 4.01. The van der Waals surface area contributed by atoms with Gasteiger partial charge in [0.15, 0.2) is 11.5 Å². The van der Waals surface area contributed by atoms with E-state index >= 15 is 0 Å². The molecule has 0 saturated carbocycles. The van der Waals surface area contributed by atoms with E-state index in [1.807, 2.05) is 22.6 Å². The van der Waals surface area contributed by atoms with Crippen molar-refractivity contribution in [2.75, 3.05) is 18.6 Å². The number of halogens is 2. The Bertz CT molecular complexity index is 702. The highest BCUT2D eigenvalue weighted by Crippen LogP contribution is 2.52. The van der Waals surface area contributed by atoms with Gasteiger partial charge in [-0.1, -0.05) is 46.3 Å². The van der Waals surface area contributed by atoms with Crippen LogP contribution in [0.4, 0.5) is 0 Å². The lowest BCUT2D eigenvalue weighted by atomic mass is 10.1.